The van der Waals surface area contributed by atoms with Crippen molar-refractivity contribution >= 4 is 11.4 Å². The summed E-state index contributed by atoms with van der Waals surface area (Å²) in [6, 6.07) is 14.8. The Labute approximate surface area is 372 Å². The molecular formula is C55H92N2Ni. The minimum absolute atomic E-state index is 0. The van der Waals surface area contributed by atoms with Gasteiger partial charge >= 0.3 is 16.5 Å². The van der Waals surface area contributed by atoms with Crippen molar-refractivity contribution in [3.63, 3.8) is 0 Å². The number of aryl methyl sites for hydroxylation is 4. The summed E-state index contributed by atoms with van der Waals surface area (Å²) in [5.41, 5.74) is 26.0. The van der Waals surface area contributed by atoms with Crippen LogP contribution < -0.4 is 0 Å². The maximum atomic E-state index is 12.7. The van der Waals surface area contributed by atoms with Gasteiger partial charge in [0.25, 0.3) is 0 Å². The van der Waals surface area contributed by atoms with Crippen LogP contribution in [0.1, 0.15) is 249 Å². The number of allylic oxidation sites excluding steroid dienone is 2. The third kappa shape index (κ3) is 21.0. The molecule has 1 heterocycles. The fourth-order valence-corrected chi connectivity index (χ4v) is 8.42. The maximum absolute atomic E-state index is 12.7. The molecule has 332 valence electrons. The van der Waals surface area contributed by atoms with Crippen LogP contribution in [-0.2, 0) is 42.2 Å². The topological polar surface area (TPSA) is 25.3 Å². The summed E-state index contributed by atoms with van der Waals surface area (Å²) >= 11 is 0. The van der Waals surface area contributed by atoms with Crippen LogP contribution >= 0.6 is 0 Å². The molecule has 0 saturated carbocycles. The quantitative estimate of drug-likeness (QED) is 0.0313. The van der Waals surface area contributed by atoms with E-state index in [-0.39, 0.29) is 16.5 Å². The van der Waals surface area contributed by atoms with Gasteiger partial charge < -0.3 is 19.4 Å². The first kappa shape index (κ1) is 56.0. The number of benzene rings is 2. The Kier molecular flexibility index (Phi) is 35.6. The molecule has 0 fully saturated rings. The normalized spacial score (nSPS) is 12.3. The van der Waals surface area contributed by atoms with Crippen LogP contribution in [0.4, 0.5) is 0 Å². The summed E-state index contributed by atoms with van der Waals surface area (Å²) < 4.78 is 1.69. The molecule has 0 saturated heterocycles. The second-order valence-corrected chi connectivity index (χ2v) is 16.6. The summed E-state index contributed by atoms with van der Waals surface area (Å²) in [5.74, 6) is 0. The zero-order chi connectivity index (χ0) is 42.1. The van der Waals surface area contributed by atoms with E-state index in [0.29, 0.717) is 0 Å². The van der Waals surface area contributed by atoms with Crippen LogP contribution in [0.15, 0.2) is 47.5 Å². The van der Waals surface area contributed by atoms with Gasteiger partial charge in [0.2, 0.25) is 11.4 Å². The average Bonchev–Trinajstić information content (AvgIpc) is 3.51. The first-order valence-electron chi connectivity index (χ1n) is 24.6. The van der Waals surface area contributed by atoms with Crippen LogP contribution in [0.25, 0.3) is 16.9 Å². The van der Waals surface area contributed by atoms with Gasteiger partial charge in [-0.2, -0.15) is 13.8 Å². The molecule has 0 atom stereocenters. The molecule has 0 unspecified atom stereocenters. The van der Waals surface area contributed by atoms with Crippen LogP contribution in [-0.4, -0.2) is 4.70 Å². The summed E-state index contributed by atoms with van der Waals surface area (Å²) in [6.07, 6.45) is 35.9. The van der Waals surface area contributed by atoms with Crippen molar-refractivity contribution in [2.24, 2.45) is 0 Å². The van der Waals surface area contributed by atoms with E-state index in [4.69, 9.17) is 0 Å². The summed E-state index contributed by atoms with van der Waals surface area (Å²) in [7, 11) is 0. The number of hydrogen-bond acceptors (Lipinski definition) is 0. The predicted octanol–water partition coefficient (Wildman–Crippen LogP) is 18.6. The molecule has 3 rings (SSSR count). The second-order valence-electron chi connectivity index (χ2n) is 16.6. The Morgan fingerprint density at radius 2 is 0.586 bits per heavy atom. The second kappa shape index (κ2) is 36.8. The molecule has 0 spiro atoms. The van der Waals surface area contributed by atoms with E-state index in [9.17, 15) is 5.53 Å². The fourth-order valence-electron chi connectivity index (χ4n) is 8.42. The van der Waals surface area contributed by atoms with Crippen molar-refractivity contribution in [2.75, 3.05) is 0 Å². The molecule has 58 heavy (non-hydrogen) atoms. The Hall–Kier alpha value is -1.99. The molecule has 2 nitrogen and oxygen atoms in total. The summed E-state index contributed by atoms with van der Waals surface area (Å²) in [4.78, 5) is 0. The Morgan fingerprint density at radius 3 is 0.931 bits per heavy atom. The van der Waals surface area contributed by atoms with Crippen LogP contribution in [0, 0.1) is 13.8 Å². The van der Waals surface area contributed by atoms with Gasteiger partial charge in [0, 0.05) is 22.3 Å². The van der Waals surface area contributed by atoms with Crippen molar-refractivity contribution in [1.82, 2.24) is 0 Å². The van der Waals surface area contributed by atoms with Crippen molar-refractivity contribution in [2.45, 2.75) is 242 Å². The molecule has 0 aliphatic carbocycles. The van der Waals surface area contributed by atoms with Crippen LogP contribution in [0.2, 0.25) is 0 Å². The molecule has 3 heteroatoms. The molecule has 0 amide bonds. The van der Waals surface area contributed by atoms with Crippen molar-refractivity contribution < 1.29 is 21.2 Å². The predicted molar refractivity (Wildman–Crippen MR) is 257 cm³/mol. The first-order valence-corrected chi connectivity index (χ1v) is 24.6. The minimum atomic E-state index is 0. The molecule has 1 aliphatic rings. The van der Waals surface area contributed by atoms with Crippen LogP contribution in [0.3, 0.4) is 0 Å². The van der Waals surface area contributed by atoms with Gasteiger partial charge in [0.05, 0.1) is 0 Å². The average molecular weight is 840 g/mol. The van der Waals surface area contributed by atoms with E-state index in [1.807, 2.05) is 0 Å². The van der Waals surface area contributed by atoms with Gasteiger partial charge in [-0.1, -0.05) is 163 Å². The SMILES string of the molecule is CCCCCCCCc1cc(CCCCCCCC)cc(C2=C(CCCCCC)C(CCCCC)=C(c3cc(CCCC)cc(CCCC)c3)[N+]2=[N-])c1.[CH2-]C.[CH2-]C.[Ni+2]. The summed E-state index contributed by atoms with van der Waals surface area (Å²) in [5, 5.41) is 0. The van der Waals surface area contributed by atoms with Gasteiger partial charge in [-0.3, -0.25) is 0 Å². The first-order chi connectivity index (χ1) is 28.0. The molecule has 2 aromatic carbocycles. The zero-order valence-corrected chi connectivity index (χ0v) is 40.6. The number of rotatable bonds is 31. The molecule has 0 N–H and O–H groups in total. The van der Waals surface area contributed by atoms with E-state index in [1.54, 1.807) is 18.5 Å². The standard InChI is InChI=1S/C51H82N2.2C2H5.Ni/c1-7-13-19-22-24-27-32-44-37-45(33-28-25-23-20-14-8-2)41-47(40-44)51-49(35-29-21-15-9-3)48(34-26-16-10-4)50(53(51)52)46-38-42(30-17-11-5)36-43(39-46)31-18-12-6;2*1-2;/h36-41H,7-35H2,1-6H3;2*1H2,2H3;/q;2*-1;+2. The van der Waals surface area contributed by atoms with E-state index in [1.165, 1.54) is 192 Å². The van der Waals surface area contributed by atoms with E-state index >= 15 is 0 Å². The van der Waals surface area contributed by atoms with Crippen molar-refractivity contribution in [3.8, 4) is 0 Å². The number of nitrogens with zero attached hydrogens (tertiary/aromatic N) is 2. The molecule has 2 aromatic rings. The molecule has 0 aromatic heterocycles. The fraction of sp³-hybridized carbons (Fsp3) is 0.673. The monoisotopic (exact) mass is 839 g/mol. The van der Waals surface area contributed by atoms with E-state index in [0.717, 1.165) is 49.9 Å². The third-order valence-electron chi connectivity index (χ3n) is 11.6. The van der Waals surface area contributed by atoms with Gasteiger partial charge in [-0.25, -0.2) is 4.70 Å². The number of unbranched alkanes of at least 4 members (excludes halogenated alkanes) is 17. The third-order valence-corrected chi connectivity index (χ3v) is 11.6. The Bertz CT molecular complexity index is 1340. The van der Waals surface area contributed by atoms with E-state index in [2.05, 4.69) is 91.8 Å². The Balaban J connectivity index is 0.00000629. The van der Waals surface area contributed by atoms with Gasteiger partial charge in [-0.15, -0.1) is 0 Å². The molecule has 1 aliphatic heterocycles. The summed E-state index contributed by atoms with van der Waals surface area (Å²) in [6.45, 7) is 23.8. The number of hydrogen-bond donors (Lipinski definition) is 0. The molecule has 0 radical (unpaired) electrons. The smallest absolute Gasteiger partial charge is 0.493 e. The van der Waals surface area contributed by atoms with Gasteiger partial charge in [-0.05, 0) is 124 Å². The van der Waals surface area contributed by atoms with Crippen molar-refractivity contribution in [1.29, 1.82) is 0 Å². The van der Waals surface area contributed by atoms with Gasteiger partial charge in [0.15, 0.2) is 0 Å². The van der Waals surface area contributed by atoms with Gasteiger partial charge in [0.1, 0.15) is 0 Å². The molecular weight excluding hydrogens is 747 g/mol. The van der Waals surface area contributed by atoms with Crippen molar-refractivity contribution in [3.05, 3.63) is 100 Å². The van der Waals surface area contributed by atoms with E-state index < -0.39 is 0 Å². The Morgan fingerprint density at radius 1 is 0.345 bits per heavy atom. The van der Waals surface area contributed by atoms with Crippen LogP contribution in [0.5, 0.6) is 0 Å². The molecule has 0 bridgehead atoms. The largest absolute Gasteiger partial charge is 2.00 e. The minimum Gasteiger partial charge on any atom is -0.493 e. The zero-order valence-electron chi connectivity index (χ0n) is 39.6. The maximum Gasteiger partial charge on any atom is 2.00 e.